The van der Waals surface area contributed by atoms with Gasteiger partial charge in [0.2, 0.25) is 0 Å². The maximum absolute atomic E-state index is 12.7. The second kappa shape index (κ2) is 9.04. The SMILES string of the molecule is CCCSc1nc(N2CCSCC2)c2[nH]c(=O)c(=O)n(Cc3ccccc3)c2n1. The number of thioether (sulfide) groups is 2. The molecule has 9 heteroatoms. The Morgan fingerprint density at radius 1 is 1.14 bits per heavy atom. The monoisotopic (exact) mass is 429 g/mol. The highest BCUT2D eigenvalue weighted by Crippen LogP contribution is 2.27. The Balaban J connectivity index is 1.92. The van der Waals surface area contributed by atoms with Gasteiger partial charge in [0.15, 0.2) is 16.6 Å². The van der Waals surface area contributed by atoms with Crippen LogP contribution >= 0.6 is 23.5 Å². The summed E-state index contributed by atoms with van der Waals surface area (Å²) in [4.78, 5) is 39.6. The van der Waals surface area contributed by atoms with E-state index in [-0.39, 0.29) is 0 Å². The molecule has 0 atom stereocenters. The molecule has 0 unspecified atom stereocenters. The Bertz CT molecular complexity index is 1110. The van der Waals surface area contributed by atoms with Gasteiger partial charge >= 0.3 is 11.1 Å². The first-order valence-corrected chi connectivity index (χ1v) is 11.9. The number of rotatable bonds is 6. The molecule has 2 aromatic heterocycles. The Labute approximate surface area is 177 Å². The van der Waals surface area contributed by atoms with Gasteiger partial charge in [0.1, 0.15) is 5.52 Å². The molecule has 0 bridgehead atoms. The van der Waals surface area contributed by atoms with Crippen LogP contribution in [0.15, 0.2) is 45.1 Å². The average molecular weight is 430 g/mol. The smallest absolute Gasteiger partial charge is 0.318 e. The molecule has 0 radical (unpaired) electrons. The van der Waals surface area contributed by atoms with E-state index in [0.717, 1.165) is 42.3 Å². The van der Waals surface area contributed by atoms with Crippen LogP contribution in [-0.2, 0) is 6.54 Å². The van der Waals surface area contributed by atoms with Crippen molar-refractivity contribution in [1.82, 2.24) is 19.5 Å². The molecule has 152 valence electrons. The summed E-state index contributed by atoms with van der Waals surface area (Å²) in [6, 6.07) is 9.65. The molecule has 3 heterocycles. The standard InChI is InChI=1S/C20H23N5O2S2/c1-2-10-29-20-22-16(24-8-11-28-12-9-24)15-17(23-20)25(19(27)18(26)21-15)13-14-6-4-3-5-7-14/h3-7H,2,8-13H2,1H3,(H,21,26). The third kappa shape index (κ3) is 4.35. The second-order valence-electron chi connectivity index (χ2n) is 6.81. The van der Waals surface area contributed by atoms with Crippen LogP contribution < -0.4 is 16.0 Å². The van der Waals surface area contributed by atoms with Gasteiger partial charge in [-0.25, -0.2) is 9.97 Å². The Morgan fingerprint density at radius 3 is 2.62 bits per heavy atom. The van der Waals surface area contributed by atoms with Crippen LogP contribution in [0.2, 0.25) is 0 Å². The summed E-state index contributed by atoms with van der Waals surface area (Å²) < 4.78 is 1.48. The minimum absolute atomic E-state index is 0.296. The quantitative estimate of drug-likeness (QED) is 0.366. The molecule has 0 amide bonds. The molecule has 0 aliphatic carbocycles. The fourth-order valence-corrected chi connectivity index (χ4v) is 4.88. The van der Waals surface area contributed by atoms with Crippen molar-refractivity contribution in [2.45, 2.75) is 25.0 Å². The maximum atomic E-state index is 12.7. The van der Waals surface area contributed by atoms with Crippen LogP contribution in [0.25, 0.3) is 11.2 Å². The van der Waals surface area contributed by atoms with Crippen molar-refractivity contribution in [1.29, 1.82) is 0 Å². The van der Waals surface area contributed by atoms with E-state index < -0.39 is 11.1 Å². The second-order valence-corrected chi connectivity index (χ2v) is 9.09. The van der Waals surface area contributed by atoms with Gasteiger partial charge in [0.25, 0.3) is 0 Å². The first kappa shape index (κ1) is 20.0. The normalized spacial score (nSPS) is 14.4. The van der Waals surface area contributed by atoms with Crippen LogP contribution in [0, 0.1) is 0 Å². The summed E-state index contributed by atoms with van der Waals surface area (Å²) in [6.45, 7) is 4.12. The van der Waals surface area contributed by atoms with Crippen molar-refractivity contribution < 1.29 is 0 Å². The molecular weight excluding hydrogens is 406 g/mol. The fourth-order valence-electron chi connectivity index (χ4n) is 3.29. The number of benzene rings is 1. The van der Waals surface area contributed by atoms with E-state index in [1.807, 2.05) is 42.1 Å². The number of hydrogen-bond acceptors (Lipinski definition) is 7. The van der Waals surface area contributed by atoms with Gasteiger partial charge in [-0.2, -0.15) is 11.8 Å². The average Bonchev–Trinajstić information content (AvgIpc) is 2.76. The number of hydrogen-bond donors (Lipinski definition) is 1. The molecule has 0 spiro atoms. The molecule has 1 saturated heterocycles. The van der Waals surface area contributed by atoms with Crippen LogP contribution in [-0.4, -0.2) is 49.9 Å². The lowest BCUT2D eigenvalue weighted by molar-refractivity contribution is 0.746. The predicted octanol–water partition coefficient (Wildman–Crippen LogP) is 2.58. The highest BCUT2D eigenvalue weighted by atomic mass is 32.2. The minimum atomic E-state index is -0.640. The summed E-state index contributed by atoms with van der Waals surface area (Å²) >= 11 is 3.49. The van der Waals surface area contributed by atoms with E-state index in [9.17, 15) is 9.59 Å². The molecule has 0 saturated carbocycles. The third-order valence-electron chi connectivity index (χ3n) is 4.71. The highest BCUT2D eigenvalue weighted by Gasteiger charge is 2.21. The molecule has 1 aliphatic rings. The molecule has 4 rings (SSSR count). The number of nitrogens with zero attached hydrogens (tertiary/aromatic N) is 4. The lowest BCUT2D eigenvalue weighted by atomic mass is 10.2. The lowest BCUT2D eigenvalue weighted by Crippen LogP contribution is -2.39. The number of aromatic amines is 1. The Kier molecular flexibility index (Phi) is 6.25. The topological polar surface area (TPSA) is 83.9 Å². The molecule has 1 fully saturated rings. The van der Waals surface area contributed by atoms with E-state index in [1.54, 1.807) is 11.8 Å². The molecule has 1 aromatic carbocycles. The molecule has 1 N–H and O–H groups in total. The van der Waals surface area contributed by atoms with Gasteiger partial charge in [0, 0.05) is 30.3 Å². The summed E-state index contributed by atoms with van der Waals surface area (Å²) in [5, 5.41) is 0.640. The Hall–Kier alpha value is -2.26. The van der Waals surface area contributed by atoms with Gasteiger partial charge in [-0.1, -0.05) is 49.0 Å². The minimum Gasteiger partial charge on any atom is -0.353 e. The zero-order chi connectivity index (χ0) is 20.2. The van der Waals surface area contributed by atoms with Crippen LogP contribution in [0.1, 0.15) is 18.9 Å². The highest BCUT2D eigenvalue weighted by molar-refractivity contribution is 7.99. The summed E-state index contributed by atoms with van der Waals surface area (Å²) in [7, 11) is 0. The van der Waals surface area contributed by atoms with Crippen LogP contribution in [0.3, 0.4) is 0 Å². The van der Waals surface area contributed by atoms with E-state index >= 15 is 0 Å². The molecule has 7 nitrogen and oxygen atoms in total. The summed E-state index contributed by atoms with van der Waals surface area (Å²) in [5.41, 5.74) is 0.739. The van der Waals surface area contributed by atoms with E-state index in [2.05, 4.69) is 21.8 Å². The lowest BCUT2D eigenvalue weighted by Gasteiger charge is -2.28. The molecule has 3 aromatic rings. The van der Waals surface area contributed by atoms with Crippen molar-refractivity contribution in [3.05, 3.63) is 56.6 Å². The van der Waals surface area contributed by atoms with E-state index in [1.165, 1.54) is 4.57 Å². The fraction of sp³-hybridized carbons (Fsp3) is 0.400. The largest absolute Gasteiger partial charge is 0.353 e. The maximum Gasteiger partial charge on any atom is 0.318 e. The van der Waals surface area contributed by atoms with Crippen molar-refractivity contribution >= 4 is 40.5 Å². The van der Waals surface area contributed by atoms with E-state index in [4.69, 9.17) is 4.98 Å². The predicted molar refractivity (Wildman–Crippen MR) is 121 cm³/mol. The van der Waals surface area contributed by atoms with Gasteiger partial charge in [-0.3, -0.25) is 14.2 Å². The number of H-pyrrole nitrogens is 1. The van der Waals surface area contributed by atoms with Gasteiger partial charge in [0.05, 0.1) is 6.54 Å². The van der Waals surface area contributed by atoms with E-state index in [0.29, 0.717) is 28.7 Å². The molecular formula is C20H23N5O2S2. The third-order valence-corrected chi connectivity index (χ3v) is 6.71. The van der Waals surface area contributed by atoms with Crippen molar-refractivity contribution in [3.8, 4) is 0 Å². The number of aromatic nitrogens is 4. The number of nitrogens with one attached hydrogen (secondary N) is 1. The van der Waals surface area contributed by atoms with Crippen LogP contribution in [0.4, 0.5) is 5.82 Å². The number of fused-ring (bicyclic) bond motifs is 1. The first-order chi connectivity index (χ1) is 14.2. The number of anilines is 1. The Morgan fingerprint density at radius 2 is 1.90 bits per heavy atom. The summed E-state index contributed by atoms with van der Waals surface area (Å²) in [5.74, 6) is 3.63. The zero-order valence-electron chi connectivity index (χ0n) is 16.3. The van der Waals surface area contributed by atoms with Gasteiger partial charge in [-0.15, -0.1) is 0 Å². The molecule has 1 aliphatic heterocycles. The zero-order valence-corrected chi connectivity index (χ0v) is 17.9. The first-order valence-electron chi connectivity index (χ1n) is 9.71. The van der Waals surface area contributed by atoms with Gasteiger partial charge < -0.3 is 9.88 Å². The van der Waals surface area contributed by atoms with Crippen LogP contribution in [0.5, 0.6) is 0 Å². The van der Waals surface area contributed by atoms with Gasteiger partial charge in [-0.05, 0) is 12.0 Å². The van der Waals surface area contributed by atoms with Crippen molar-refractivity contribution in [2.75, 3.05) is 35.2 Å². The molecule has 29 heavy (non-hydrogen) atoms. The van der Waals surface area contributed by atoms with Crippen molar-refractivity contribution in [2.24, 2.45) is 0 Å². The summed E-state index contributed by atoms with van der Waals surface area (Å²) in [6.07, 6.45) is 1.00. The van der Waals surface area contributed by atoms with Crippen molar-refractivity contribution in [3.63, 3.8) is 0 Å².